The average Bonchev–Trinajstić information content (AvgIpc) is 2.29. The molecule has 0 aliphatic carbocycles. The number of hydrogen-bond donors (Lipinski definition) is 1. The molecule has 0 fully saturated rings. The molecule has 1 N–H and O–H groups in total. The van der Waals surface area contributed by atoms with E-state index < -0.39 is 5.97 Å². The fourth-order valence-electron chi connectivity index (χ4n) is 1.25. The number of rotatable bonds is 4. The van der Waals surface area contributed by atoms with Crippen LogP contribution in [0.1, 0.15) is 24.2 Å². The number of ether oxygens (including phenoxy) is 1. The van der Waals surface area contributed by atoms with Crippen molar-refractivity contribution in [2.45, 2.75) is 13.8 Å². The van der Waals surface area contributed by atoms with Crippen LogP contribution < -0.4 is 5.32 Å². The Hall–Kier alpha value is -1.81. The number of carbonyl (C=O) groups is 2. The third-order valence-corrected chi connectivity index (χ3v) is 2.29. The Morgan fingerprint density at radius 3 is 2.50 bits per heavy atom. The minimum Gasteiger partial charge on any atom is -0.463 e. The van der Waals surface area contributed by atoms with Gasteiger partial charge in [0.05, 0.1) is 6.61 Å². The molecule has 0 aliphatic heterocycles. The minimum atomic E-state index is -0.480. The smallest absolute Gasteiger partial charge is 0.332 e. The second-order valence-corrected chi connectivity index (χ2v) is 3.98. The molecule has 0 radical (unpaired) electrons. The molecule has 5 heteroatoms. The molecule has 1 aromatic carbocycles. The molecule has 0 heterocycles. The van der Waals surface area contributed by atoms with Gasteiger partial charge in [-0.2, -0.15) is 0 Å². The predicted molar refractivity (Wildman–Crippen MR) is 69.3 cm³/mol. The molecule has 0 saturated heterocycles. The van der Waals surface area contributed by atoms with Crippen LogP contribution in [0.3, 0.4) is 0 Å². The van der Waals surface area contributed by atoms with Gasteiger partial charge in [-0.3, -0.25) is 4.79 Å². The molecular weight excluding hydrogens is 254 g/mol. The molecule has 0 saturated carbocycles. The zero-order valence-electron chi connectivity index (χ0n) is 10.2. The third-order valence-electron chi connectivity index (χ3n) is 2.04. The lowest BCUT2D eigenvalue weighted by molar-refractivity contribution is -0.137. The number of benzene rings is 1. The minimum absolute atomic E-state index is 0.299. The topological polar surface area (TPSA) is 55.4 Å². The van der Waals surface area contributed by atoms with Gasteiger partial charge in [0.2, 0.25) is 0 Å². The van der Waals surface area contributed by atoms with Gasteiger partial charge >= 0.3 is 5.97 Å². The van der Waals surface area contributed by atoms with Crippen molar-refractivity contribution in [1.82, 2.24) is 5.32 Å². The van der Waals surface area contributed by atoms with E-state index in [9.17, 15) is 9.59 Å². The van der Waals surface area contributed by atoms with Crippen LogP contribution >= 0.6 is 11.6 Å². The largest absolute Gasteiger partial charge is 0.463 e. The molecule has 0 aromatic heterocycles. The molecule has 0 unspecified atom stereocenters. The van der Waals surface area contributed by atoms with Gasteiger partial charge in [-0.05, 0) is 38.1 Å². The van der Waals surface area contributed by atoms with E-state index in [1.165, 1.54) is 6.08 Å². The fraction of sp³-hybridized carbons (Fsp3) is 0.231. The first-order valence-electron chi connectivity index (χ1n) is 5.45. The SMILES string of the molecule is CCOC(=O)/C=C(/C)NC(=O)c1ccc(Cl)cc1. The second-order valence-electron chi connectivity index (χ2n) is 3.54. The van der Waals surface area contributed by atoms with Gasteiger partial charge in [0, 0.05) is 22.4 Å². The first kappa shape index (κ1) is 14.3. The van der Waals surface area contributed by atoms with Gasteiger partial charge in [0.25, 0.3) is 5.91 Å². The maximum Gasteiger partial charge on any atom is 0.332 e. The van der Waals surface area contributed by atoms with E-state index in [2.05, 4.69) is 5.32 Å². The quantitative estimate of drug-likeness (QED) is 0.674. The summed E-state index contributed by atoms with van der Waals surface area (Å²) in [5.74, 6) is -0.781. The Bertz CT molecular complexity index is 466. The van der Waals surface area contributed by atoms with Crippen LogP contribution in [0.2, 0.25) is 5.02 Å². The van der Waals surface area contributed by atoms with Gasteiger partial charge in [0.1, 0.15) is 0 Å². The molecule has 0 spiro atoms. The number of amides is 1. The molecule has 0 bridgehead atoms. The molecule has 0 aliphatic rings. The highest BCUT2D eigenvalue weighted by molar-refractivity contribution is 6.30. The molecule has 4 nitrogen and oxygen atoms in total. The number of carbonyl (C=O) groups excluding carboxylic acids is 2. The average molecular weight is 268 g/mol. The molecule has 1 aromatic rings. The number of halogens is 1. The zero-order valence-corrected chi connectivity index (χ0v) is 11.0. The van der Waals surface area contributed by atoms with Crippen LogP contribution in [0.25, 0.3) is 0 Å². The van der Waals surface area contributed by atoms with Crippen molar-refractivity contribution in [2.24, 2.45) is 0 Å². The van der Waals surface area contributed by atoms with Crippen molar-refractivity contribution in [3.05, 3.63) is 46.6 Å². The zero-order chi connectivity index (χ0) is 13.5. The highest BCUT2D eigenvalue weighted by atomic mass is 35.5. The van der Waals surface area contributed by atoms with E-state index >= 15 is 0 Å². The highest BCUT2D eigenvalue weighted by Gasteiger charge is 2.06. The van der Waals surface area contributed by atoms with Crippen molar-refractivity contribution in [3.8, 4) is 0 Å². The summed E-state index contributed by atoms with van der Waals surface area (Å²) < 4.78 is 4.73. The Kier molecular flexibility index (Phi) is 5.39. The Labute approximate surface area is 111 Å². The van der Waals surface area contributed by atoms with E-state index in [1.54, 1.807) is 38.1 Å². The van der Waals surface area contributed by atoms with Crippen LogP contribution in [0.15, 0.2) is 36.0 Å². The molecule has 1 amide bonds. The molecule has 0 atom stereocenters. The van der Waals surface area contributed by atoms with E-state index in [0.29, 0.717) is 22.9 Å². The Morgan fingerprint density at radius 2 is 1.94 bits per heavy atom. The number of esters is 1. The summed E-state index contributed by atoms with van der Waals surface area (Å²) in [4.78, 5) is 22.9. The van der Waals surface area contributed by atoms with Crippen molar-refractivity contribution in [1.29, 1.82) is 0 Å². The van der Waals surface area contributed by atoms with Crippen molar-refractivity contribution in [3.63, 3.8) is 0 Å². The first-order chi connectivity index (χ1) is 8.52. The number of nitrogens with one attached hydrogen (secondary N) is 1. The highest BCUT2D eigenvalue weighted by Crippen LogP contribution is 2.09. The predicted octanol–water partition coefficient (Wildman–Crippen LogP) is 2.54. The van der Waals surface area contributed by atoms with E-state index in [1.807, 2.05) is 0 Å². The monoisotopic (exact) mass is 267 g/mol. The van der Waals surface area contributed by atoms with Gasteiger partial charge in [0.15, 0.2) is 0 Å². The number of allylic oxidation sites excluding steroid dienone is 1. The molecule has 96 valence electrons. The summed E-state index contributed by atoms with van der Waals surface area (Å²) in [6.45, 7) is 3.63. The lowest BCUT2D eigenvalue weighted by Gasteiger charge is -2.05. The fourth-order valence-corrected chi connectivity index (χ4v) is 1.38. The van der Waals surface area contributed by atoms with Crippen molar-refractivity contribution in [2.75, 3.05) is 6.61 Å². The third kappa shape index (κ3) is 4.59. The van der Waals surface area contributed by atoms with Crippen LogP contribution in [0, 0.1) is 0 Å². The molecule has 1 rings (SSSR count). The summed E-state index contributed by atoms with van der Waals surface area (Å²) in [6, 6.07) is 6.46. The van der Waals surface area contributed by atoms with Gasteiger partial charge in [-0.15, -0.1) is 0 Å². The van der Waals surface area contributed by atoms with Crippen LogP contribution in [-0.4, -0.2) is 18.5 Å². The first-order valence-corrected chi connectivity index (χ1v) is 5.82. The van der Waals surface area contributed by atoms with Crippen LogP contribution in [0.4, 0.5) is 0 Å². The summed E-state index contributed by atoms with van der Waals surface area (Å²) >= 11 is 5.72. The van der Waals surface area contributed by atoms with Crippen LogP contribution in [0.5, 0.6) is 0 Å². The van der Waals surface area contributed by atoms with Gasteiger partial charge < -0.3 is 10.1 Å². The van der Waals surface area contributed by atoms with Gasteiger partial charge in [-0.25, -0.2) is 4.79 Å². The normalized spacial score (nSPS) is 10.9. The van der Waals surface area contributed by atoms with Crippen LogP contribution in [-0.2, 0) is 9.53 Å². The van der Waals surface area contributed by atoms with Crippen molar-refractivity contribution >= 4 is 23.5 Å². The van der Waals surface area contributed by atoms with E-state index in [0.717, 1.165) is 0 Å². The Balaban J connectivity index is 2.64. The number of hydrogen-bond acceptors (Lipinski definition) is 3. The lowest BCUT2D eigenvalue weighted by atomic mass is 10.2. The summed E-state index contributed by atoms with van der Waals surface area (Å²) in [5, 5.41) is 3.14. The second kappa shape index (κ2) is 6.81. The lowest BCUT2D eigenvalue weighted by Crippen LogP contribution is -2.22. The van der Waals surface area contributed by atoms with E-state index in [-0.39, 0.29) is 5.91 Å². The molecule has 18 heavy (non-hydrogen) atoms. The van der Waals surface area contributed by atoms with Gasteiger partial charge in [-0.1, -0.05) is 11.6 Å². The summed E-state index contributed by atoms with van der Waals surface area (Å²) in [5.41, 5.74) is 0.893. The summed E-state index contributed by atoms with van der Waals surface area (Å²) in [6.07, 6.45) is 1.23. The maximum absolute atomic E-state index is 11.8. The maximum atomic E-state index is 11.8. The summed E-state index contributed by atoms with van der Waals surface area (Å²) in [7, 11) is 0. The van der Waals surface area contributed by atoms with Crippen molar-refractivity contribution < 1.29 is 14.3 Å². The Morgan fingerprint density at radius 1 is 1.33 bits per heavy atom. The van der Waals surface area contributed by atoms with E-state index in [4.69, 9.17) is 16.3 Å². The molecular formula is C13H14ClNO3. The standard InChI is InChI=1S/C13H14ClNO3/c1-3-18-12(16)8-9(2)15-13(17)10-4-6-11(14)7-5-10/h4-8H,3H2,1-2H3,(H,15,17)/b9-8-.